The van der Waals surface area contributed by atoms with Gasteiger partial charge in [0, 0.05) is 10.5 Å². The molecule has 118 valence electrons. The zero-order chi connectivity index (χ0) is 16.2. The monoisotopic (exact) mass is 388 g/mol. The van der Waals surface area contributed by atoms with E-state index in [9.17, 15) is 0 Å². The fourth-order valence-corrected chi connectivity index (χ4v) is 2.57. The van der Waals surface area contributed by atoms with Crippen LogP contribution in [0.25, 0.3) is 11.3 Å². The maximum absolute atomic E-state index is 8.49. The Morgan fingerprint density at radius 2 is 1.45 bits per heavy atom. The van der Waals surface area contributed by atoms with Crippen LogP contribution in [0, 0.1) is 10.2 Å². The average Bonchev–Trinajstić information content (AvgIpc) is 2.46. The number of aryl methyl sites for hydroxylation is 2. The molecule has 0 aliphatic heterocycles. The van der Waals surface area contributed by atoms with Crippen molar-refractivity contribution in [3.8, 4) is 11.3 Å². The molecule has 0 saturated carbocycles. The molecule has 1 aliphatic carbocycles. The van der Waals surface area contributed by atoms with E-state index < -0.39 is 10.2 Å². The van der Waals surface area contributed by atoms with Crippen molar-refractivity contribution in [3.63, 3.8) is 0 Å². The third kappa shape index (κ3) is 5.64. The van der Waals surface area contributed by atoms with E-state index in [1.807, 2.05) is 12.1 Å². The quantitative estimate of drug-likeness (QED) is 0.644. The maximum atomic E-state index is 8.49. The van der Waals surface area contributed by atoms with E-state index in [0.717, 1.165) is 22.2 Å². The highest BCUT2D eigenvalue weighted by atomic mass is 79.9. The minimum absolute atomic E-state index is 0.971. The van der Waals surface area contributed by atoms with Gasteiger partial charge in [-0.1, -0.05) is 15.9 Å². The molecule has 0 atom stereocenters. The summed E-state index contributed by atoms with van der Waals surface area (Å²) in [5.74, 6) is 2.15. The highest BCUT2D eigenvalue weighted by molar-refractivity contribution is 9.10. The Bertz CT molecular complexity index is 619. The van der Waals surface area contributed by atoms with E-state index in [1.165, 1.54) is 30.6 Å². The molecule has 1 aromatic carbocycles. The first-order valence-corrected chi connectivity index (χ1v) is 8.68. The molecule has 1 aromatic heterocycles. The smallest absolute Gasteiger partial charge is 0.222 e. The van der Waals surface area contributed by atoms with Gasteiger partial charge < -0.3 is 0 Å². The summed E-state index contributed by atoms with van der Waals surface area (Å²) in [6.07, 6.45) is 4.79. The van der Waals surface area contributed by atoms with Crippen LogP contribution < -0.4 is 18.6 Å². The van der Waals surface area contributed by atoms with Crippen molar-refractivity contribution < 1.29 is 33.3 Å². The van der Waals surface area contributed by atoms with Crippen LogP contribution in [0.3, 0.4) is 0 Å². The van der Waals surface area contributed by atoms with Crippen molar-refractivity contribution in [1.82, 2.24) is 0 Å². The molecule has 0 radical (unpaired) electrons. The van der Waals surface area contributed by atoms with Gasteiger partial charge in [-0.2, -0.15) is 0 Å². The minimum Gasteiger partial charge on any atom is -0.222 e. The molecule has 0 fully saturated rings. The molecule has 3 rings (SSSR count). The van der Waals surface area contributed by atoms with Crippen molar-refractivity contribution in [2.75, 3.05) is 0 Å². The number of halogens is 2. The van der Waals surface area contributed by atoms with E-state index in [2.05, 4.69) is 40.2 Å². The molecule has 0 saturated heterocycles. The molecule has 0 amide bonds. The number of hydrogen-bond donors (Lipinski definition) is 0. The Morgan fingerprint density at radius 1 is 0.864 bits per heavy atom. The first kappa shape index (κ1) is 17.3. The number of hydrogen-bond acceptors (Lipinski definition) is 4. The van der Waals surface area contributed by atoms with Crippen LogP contribution in [0.15, 0.2) is 45.3 Å². The molecule has 5 nitrogen and oxygen atoms in total. The molecule has 0 N–H and O–H groups in total. The SMILES string of the molecule is Brc1ccc(-c2ccc3c([o+]2)CCCC3)cc1.[O-][Cl+3]([O-])([O-])[O-]. The Morgan fingerprint density at radius 3 is 2.09 bits per heavy atom. The number of rotatable bonds is 1. The average molecular weight is 390 g/mol. The van der Waals surface area contributed by atoms with Gasteiger partial charge in [-0.15, -0.1) is 10.2 Å². The van der Waals surface area contributed by atoms with E-state index in [0.29, 0.717) is 0 Å². The van der Waals surface area contributed by atoms with Gasteiger partial charge in [-0.25, -0.2) is 23.1 Å². The van der Waals surface area contributed by atoms with Crippen molar-refractivity contribution in [2.45, 2.75) is 25.7 Å². The van der Waals surface area contributed by atoms with E-state index in [4.69, 9.17) is 23.1 Å². The third-order valence-corrected chi connectivity index (χ3v) is 3.78. The van der Waals surface area contributed by atoms with E-state index >= 15 is 0 Å². The summed E-state index contributed by atoms with van der Waals surface area (Å²) < 4.78 is 41.1. The van der Waals surface area contributed by atoms with Gasteiger partial charge in [0.1, 0.15) is 0 Å². The van der Waals surface area contributed by atoms with E-state index in [1.54, 1.807) is 0 Å². The fourth-order valence-electron chi connectivity index (χ4n) is 2.31. The lowest BCUT2D eigenvalue weighted by Gasteiger charge is -2.17. The lowest BCUT2D eigenvalue weighted by atomic mass is 9.97. The number of fused-ring (bicyclic) bond motifs is 1. The lowest BCUT2D eigenvalue weighted by Crippen LogP contribution is -2.68. The van der Waals surface area contributed by atoms with Crippen LogP contribution in [0.4, 0.5) is 0 Å². The summed E-state index contributed by atoms with van der Waals surface area (Å²) in [6, 6.07) is 12.6. The van der Waals surface area contributed by atoms with Crippen LogP contribution in [-0.4, -0.2) is 0 Å². The van der Waals surface area contributed by atoms with Crippen LogP contribution >= 0.6 is 15.9 Å². The Hall–Kier alpha value is -1.02. The summed E-state index contributed by atoms with van der Waals surface area (Å²) in [5.41, 5.74) is 2.53. The minimum atomic E-state index is -4.94. The molecule has 0 unspecified atom stereocenters. The van der Waals surface area contributed by atoms with Crippen LogP contribution in [0.5, 0.6) is 0 Å². The standard InChI is InChI=1S/C15H14BrO.ClHO4/c16-13-8-5-12(6-9-13)15-10-7-11-3-1-2-4-14(11)17-15;2-1(3,4)5/h5-10H,1-4H2;(H,2,3,4,5)/q+1;/p-1. The zero-order valence-electron chi connectivity index (χ0n) is 11.6. The van der Waals surface area contributed by atoms with E-state index in [-0.39, 0.29) is 0 Å². The van der Waals surface area contributed by atoms with Crippen molar-refractivity contribution in [1.29, 1.82) is 0 Å². The van der Waals surface area contributed by atoms with Crippen LogP contribution in [-0.2, 0) is 12.8 Å². The fraction of sp³-hybridized carbons (Fsp3) is 0.267. The molecular formula is C15H14BrClO5. The van der Waals surface area contributed by atoms with Crippen molar-refractivity contribution >= 4 is 15.9 Å². The largest absolute Gasteiger partial charge is 0.360 e. The van der Waals surface area contributed by atoms with Crippen LogP contribution in [0.2, 0.25) is 0 Å². The normalized spacial score (nSPS) is 13.9. The summed E-state index contributed by atoms with van der Waals surface area (Å²) in [5, 5.41) is 0. The predicted octanol–water partition coefficient (Wildman–Crippen LogP) is 0.113. The topological polar surface area (TPSA) is 104 Å². The molecule has 1 heterocycles. The summed E-state index contributed by atoms with van der Waals surface area (Å²) in [7, 11) is -4.94. The van der Waals surface area contributed by atoms with Crippen molar-refractivity contribution in [3.05, 3.63) is 52.2 Å². The second kappa shape index (κ2) is 7.50. The Balaban J connectivity index is 0.000000309. The molecule has 0 spiro atoms. The summed E-state index contributed by atoms with van der Waals surface area (Å²) in [6.45, 7) is 0. The van der Waals surface area contributed by atoms with Gasteiger partial charge in [-0.3, -0.25) is 0 Å². The zero-order valence-corrected chi connectivity index (χ0v) is 13.9. The molecule has 2 aromatic rings. The van der Waals surface area contributed by atoms with Gasteiger partial charge >= 0.3 is 11.5 Å². The highest BCUT2D eigenvalue weighted by Crippen LogP contribution is 2.28. The molecule has 22 heavy (non-hydrogen) atoms. The summed E-state index contributed by atoms with van der Waals surface area (Å²) >= 11 is 3.45. The maximum Gasteiger partial charge on any atom is 0.360 e. The molecule has 7 heteroatoms. The van der Waals surface area contributed by atoms with Gasteiger partial charge in [0.05, 0.1) is 17.5 Å². The van der Waals surface area contributed by atoms with Crippen molar-refractivity contribution in [2.24, 2.45) is 0 Å². The Kier molecular flexibility index (Phi) is 5.91. The van der Waals surface area contributed by atoms with Crippen LogP contribution in [0.1, 0.15) is 24.2 Å². The molecule has 1 aliphatic rings. The first-order valence-electron chi connectivity index (χ1n) is 6.65. The second-order valence-electron chi connectivity index (χ2n) is 4.84. The van der Waals surface area contributed by atoms with Gasteiger partial charge in [0.15, 0.2) is 0 Å². The first-order chi connectivity index (χ1) is 10.3. The van der Waals surface area contributed by atoms with Gasteiger partial charge in [0.2, 0.25) is 0 Å². The van der Waals surface area contributed by atoms with Gasteiger partial charge in [-0.05, 0) is 49.6 Å². The summed E-state index contributed by atoms with van der Waals surface area (Å²) in [4.78, 5) is 0. The molecular weight excluding hydrogens is 376 g/mol. The molecule has 0 bridgehead atoms. The highest BCUT2D eigenvalue weighted by Gasteiger charge is 2.22. The second-order valence-corrected chi connectivity index (χ2v) is 6.51. The Labute approximate surface area is 138 Å². The number of benzene rings is 1. The third-order valence-electron chi connectivity index (χ3n) is 3.26. The lowest BCUT2D eigenvalue weighted by molar-refractivity contribution is -2.00. The van der Waals surface area contributed by atoms with Gasteiger partial charge in [0.25, 0.3) is 0 Å². The predicted molar refractivity (Wildman–Crippen MR) is 72.9 cm³/mol.